The molecule has 0 aliphatic carbocycles. The van der Waals surface area contributed by atoms with Crippen molar-refractivity contribution < 1.29 is 9.53 Å². The van der Waals surface area contributed by atoms with Crippen molar-refractivity contribution in [3.8, 4) is 11.8 Å². The molecule has 2 atom stereocenters. The van der Waals surface area contributed by atoms with Crippen molar-refractivity contribution in [3.63, 3.8) is 0 Å². The van der Waals surface area contributed by atoms with Crippen molar-refractivity contribution in [1.29, 1.82) is 5.26 Å². The van der Waals surface area contributed by atoms with Gasteiger partial charge in [-0.3, -0.25) is 9.48 Å². The lowest BCUT2D eigenvalue weighted by Crippen LogP contribution is -2.40. The maximum absolute atomic E-state index is 12.8. The summed E-state index contributed by atoms with van der Waals surface area (Å²) in [5.41, 5.74) is 1.63. The summed E-state index contributed by atoms with van der Waals surface area (Å²) in [6.07, 6.45) is 5.14. The van der Waals surface area contributed by atoms with Crippen molar-refractivity contribution in [2.24, 2.45) is 7.05 Å². The number of hydrogen-bond acceptors (Lipinski definition) is 4. The van der Waals surface area contributed by atoms with Gasteiger partial charge in [0.05, 0.1) is 23.9 Å². The molecular weight excluding hydrogens is 304 g/mol. The lowest BCUT2D eigenvalue weighted by Gasteiger charge is -2.27. The zero-order valence-electron chi connectivity index (χ0n) is 13.8. The van der Waals surface area contributed by atoms with Crippen LogP contribution in [-0.4, -0.2) is 33.2 Å². The van der Waals surface area contributed by atoms with Crippen molar-refractivity contribution in [2.75, 3.05) is 6.54 Å². The van der Waals surface area contributed by atoms with Crippen LogP contribution < -0.4 is 4.74 Å². The third-order valence-electron chi connectivity index (χ3n) is 4.29. The molecule has 2 aromatic rings. The SMILES string of the molecule is CC(Oc1ccc(C#N)cc1)C(=O)N1CCCC1c1cnn(C)c1. The van der Waals surface area contributed by atoms with Crippen LogP contribution in [0.25, 0.3) is 0 Å². The number of carbonyl (C=O) groups is 1. The topological polar surface area (TPSA) is 71.2 Å². The molecule has 1 aromatic heterocycles. The first-order chi connectivity index (χ1) is 11.6. The van der Waals surface area contributed by atoms with E-state index in [1.165, 1.54) is 0 Å². The zero-order chi connectivity index (χ0) is 17.1. The normalized spacial score (nSPS) is 18.2. The summed E-state index contributed by atoms with van der Waals surface area (Å²) >= 11 is 0. The van der Waals surface area contributed by atoms with E-state index in [1.54, 1.807) is 35.9 Å². The lowest BCUT2D eigenvalue weighted by molar-refractivity contribution is -0.138. The summed E-state index contributed by atoms with van der Waals surface area (Å²) in [5, 5.41) is 13.0. The summed E-state index contributed by atoms with van der Waals surface area (Å²) in [7, 11) is 1.88. The summed E-state index contributed by atoms with van der Waals surface area (Å²) in [6.45, 7) is 2.50. The van der Waals surface area contributed by atoms with Gasteiger partial charge in [0, 0.05) is 25.4 Å². The summed E-state index contributed by atoms with van der Waals surface area (Å²) < 4.78 is 7.51. The second-order valence-electron chi connectivity index (χ2n) is 6.03. The number of likely N-dealkylation sites (tertiary alicyclic amines) is 1. The third-order valence-corrected chi connectivity index (χ3v) is 4.29. The van der Waals surface area contributed by atoms with Crippen molar-refractivity contribution >= 4 is 5.91 Å². The second kappa shape index (κ2) is 6.75. The van der Waals surface area contributed by atoms with E-state index in [0.717, 1.165) is 24.9 Å². The van der Waals surface area contributed by atoms with Gasteiger partial charge in [-0.1, -0.05) is 0 Å². The van der Waals surface area contributed by atoms with Crippen LogP contribution in [0.5, 0.6) is 5.75 Å². The van der Waals surface area contributed by atoms with Gasteiger partial charge in [-0.05, 0) is 44.0 Å². The van der Waals surface area contributed by atoms with Crippen LogP contribution in [0.15, 0.2) is 36.7 Å². The van der Waals surface area contributed by atoms with E-state index in [4.69, 9.17) is 10.00 Å². The molecule has 1 amide bonds. The van der Waals surface area contributed by atoms with Crippen LogP contribution in [0.3, 0.4) is 0 Å². The number of amides is 1. The number of carbonyl (C=O) groups excluding carboxylic acids is 1. The molecule has 1 aliphatic rings. The van der Waals surface area contributed by atoms with Crippen molar-refractivity contribution in [3.05, 3.63) is 47.8 Å². The molecular formula is C18H20N4O2. The van der Waals surface area contributed by atoms with E-state index in [1.807, 2.05) is 24.3 Å². The molecule has 1 saturated heterocycles. The van der Waals surface area contributed by atoms with Gasteiger partial charge in [0.2, 0.25) is 0 Å². The molecule has 0 N–H and O–H groups in total. The average Bonchev–Trinajstić information content (AvgIpc) is 3.23. The first-order valence-electron chi connectivity index (χ1n) is 8.04. The highest BCUT2D eigenvalue weighted by atomic mass is 16.5. The highest BCUT2D eigenvalue weighted by Crippen LogP contribution is 2.32. The molecule has 6 heteroatoms. The van der Waals surface area contributed by atoms with Crippen molar-refractivity contribution in [1.82, 2.24) is 14.7 Å². The molecule has 1 fully saturated rings. The monoisotopic (exact) mass is 324 g/mol. The van der Waals surface area contributed by atoms with Crippen LogP contribution in [0, 0.1) is 11.3 Å². The van der Waals surface area contributed by atoms with Crippen LogP contribution in [0.4, 0.5) is 0 Å². The molecule has 1 aromatic carbocycles. The molecule has 0 saturated carbocycles. The number of rotatable bonds is 4. The highest BCUT2D eigenvalue weighted by Gasteiger charge is 2.33. The van der Waals surface area contributed by atoms with Gasteiger partial charge in [-0.15, -0.1) is 0 Å². The predicted octanol–water partition coefficient (Wildman–Crippen LogP) is 2.42. The average molecular weight is 324 g/mol. The molecule has 2 unspecified atom stereocenters. The van der Waals surface area contributed by atoms with E-state index < -0.39 is 6.10 Å². The Hall–Kier alpha value is -2.81. The largest absolute Gasteiger partial charge is 0.481 e. The molecule has 24 heavy (non-hydrogen) atoms. The van der Waals surface area contributed by atoms with E-state index >= 15 is 0 Å². The fraction of sp³-hybridized carbons (Fsp3) is 0.389. The molecule has 0 radical (unpaired) electrons. The smallest absolute Gasteiger partial charge is 0.263 e. The number of aromatic nitrogens is 2. The number of benzene rings is 1. The summed E-state index contributed by atoms with van der Waals surface area (Å²) in [6, 6.07) is 8.92. The summed E-state index contributed by atoms with van der Waals surface area (Å²) in [4.78, 5) is 14.7. The second-order valence-corrected chi connectivity index (χ2v) is 6.03. The number of ether oxygens (including phenoxy) is 1. The fourth-order valence-corrected chi connectivity index (χ4v) is 3.09. The van der Waals surface area contributed by atoms with E-state index in [0.29, 0.717) is 11.3 Å². The Morgan fingerprint density at radius 3 is 2.79 bits per heavy atom. The predicted molar refractivity (Wildman–Crippen MR) is 88.1 cm³/mol. The minimum absolute atomic E-state index is 0.0225. The maximum atomic E-state index is 12.8. The molecule has 0 spiro atoms. The van der Waals surface area contributed by atoms with Gasteiger partial charge in [0.15, 0.2) is 6.10 Å². The van der Waals surface area contributed by atoms with Gasteiger partial charge >= 0.3 is 0 Å². The van der Waals surface area contributed by atoms with E-state index in [9.17, 15) is 4.79 Å². The van der Waals surface area contributed by atoms with Gasteiger partial charge in [0.25, 0.3) is 5.91 Å². The van der Waals surface area contributed by atoms with Crippen LogP contribution in [0.1, 0.15) is 36.9 Å². The minimum atomic E-state index is -0.574. The van der Waals surface area contributed by atoms with Crippen molar-refractivity contribution in [2.45, 2.75) is 31.9 Å². The number of nitrogens with zero attached hydrogens (tertiary/aromatic N) is 4. The third kappa shape index (κ3) is 3.25. The molecule has 124 valence electrons. The van der Waals surface area contributed by atoms with E-state index in [-0.39, 0.29) is 11.9 Å². The minimum Gasteiger partial charge on any atom is -0.481 e. The molecule has 1 aliphatic heterocycles. The lowest BCUT2D eigenvalue weighted by atomic mass is 10.1. The molecule has 2 heterocycles. The Balaban J connectivity index is 1.69. The first-order valence-corrected chi connectivity index (χ1v) is 8.04. The maximum Gasteiger partial charge on any atom is 0.263 e. The number of nitriles is 1. The quantitative estimate of drug-likeness (QED) is 0.866. The number of aryl methyl sites for hydroxylation is 1. The number of hydrogen-bond donors (Lipinski definition) is 0. The summed E-state index contributed by atoms with van der Waals surface area (Å²) in [5.74, 6) is 0.567. The Bertz CT molecular complexity index is 760. The Morgan fingerprint density at radius 1 is 1.42 bits per heavy atom. The van der Waals surface area contributed by atoms with Gasteiger partial charge in [0.1, 0.15) is 5.75 Å². The highest BCUT2D eigenvalue weighted by molar-refractivity contribution is 5.81. The van der Waals surface area contributed by atoms with Gasteiger partial charge < -0.3 is 9.64 Å². The van der Waals surface area contributed by atoms with Crippen LogP contribution in [-0.2, 0) is 11.8 Å². The first kappa shape index (κ1) is 16.1. The molecule has 6 nitrogen and oxygen atoms in total. The Labute approximate surface area is 141 Å². The fourth-order valence-electron chi connectivity index (χ4n) is 3.09. The Kier molecular flexibility index (Phi) is 4.52. The van der Waals surface area contributed by atoms with Crippen LogP contribution in [0.2, 0.25) is 0 Å². The standard InChI is InChI=1S/C18H20N4O2/c1-13(24-16-7-5-14(10-19)6-8-16)18(23)22-9-3-4-17(22)15-11-20-21(2)12-15/h5-8,11-13,17H,3-4,9H2,1-2H3. The molecule has 0 bridgehead atoms. The van der Waals surface area contributed by atoms with Gasteiger partial charge in [-0.2, -0.15) is 10.4 Å². The van der Waals surface area contributed by atoms with E-state index in [2.05, 4.69) is 11.2 Å². The Morgan fingerprint density at radius 2 is 2.17 bits per heavy atom. The zero-order valence-corrected chi connectivity index (χ0v) is 13.8. The van der Waals surface area contributed by atoms with Gasteiger partial charge in [-0.25, -0.2) is 0 Å². The van der Waals surface area contributed by atoms with Crippen LogP contribution >= 0.6 is 0 Å². The molecule has 3 rings (SSSR count).